The normalized spacial score (nSPS) is 25.0. The molecule has 0 aromatic carbocycles. The van der Waals surface area contributed by atoms with E-state index >= 15 is 0 Å². The molecule has 160 valence electrons. The molecular weight excluding hydrogens is 358 g/mol. The molecule has 2 rings (SSSR count). The molecule has 3 unspecified atom stereocenters. The number of hydroxylamine groups is 1. The van der Waals surface area contributed by atoms with Crippen molar-refractivity contribution in [3.63, 3.8) is 0 Å². The third-order valence-electron chi connectivity index (χ3n) is 5.83. The Morgan fingerprint density at radius 3 is 2.71 bits per heavy atom. The second kappa shape index (κ2) is 12.2. The number of aliphatic carboxylic acids is 1. The SMILES string of the molecule is CCCCCCCCC(O)C=CC1CC2=C(NOCCCC(=O)O)C[C@H]2C1O. The van der Waals surface area contributed by atoms with Gasteiger partial charge in [-0.1, -0.05) is 57.6 Å². The maximum absolute atomic E-state index is 10.5. The number of carbonyl (C=O) groups is 1. The fourth-order valence-electron chi connectivity index (χ4n) is 4.07. The van der Waals surface area contributed by atoms with Crippen molar-refractivity contribution in [3.05, 3.63) is 23.4 Å². The smallest absolute Gasteiger partial charge is 0.303 e. The molecule has 4 N–H and O–H groups in total. The molecule has 0 spiro atoms. The Morgan fingerprint density at radius 1 is 1.21 bits per heavy atom. The molecule has 1 fully saturated rings. The highest BCUT2D eigenvalue weighted by molar-refractivity contribution is 5.66. The van der Waals surface area contributed by atoms with Gasteiger partial charge in [-0.3, -0.25) is 15.1 Å². The Balaban J connectivity index is 1.65. The average Bonchev–Trinajstić information content (AvgIpc) is 2.89. The van der Waals surface area contributed by atoms with Crippen LogP contribution in [0.25, 0.3) is 0 Å². The number of rotatable bonds is 15. The Bertz CT molecular complexity index is 545. The number of allylic oxidation sites excluding steroid dienone is 1. The summed E-state index contributed by atoms with van der Waals surface area (Å²) in [6.45, 7) is 2.56. The fourth-order valence-corrected chi connectivity index (χ4v) is 4.07. The summed E-state index contributed by atoms with van der Waals surface area (Å²) in [4.78, 5) is 15.8. The third-order valence-corrected chi connectivity index (χ3v) is 5.83. The number of hydrogen-bond acceptors (Lipinski definition) is 5. The number of aliphatic hydroxyl groups excluding tert-OH is 2. The van der Waals surface area contributed by atoms with E-state index in [1.165, 1.54) is 37.7 Å². The molecule has 2 aliphatic carbocycles. The lowest BCUT2D eigenvalue weighted by molar-refractivity contribution is -0.137. The maximum atomic E-state index is 10.5. The van der Waals surface area contributed by atoms with Gasteiger partial charge in [-0.15, -0.1) is 0 Å². The monoisotopic (exact) mass is 395 g/mol. The topological polar surface area (TPSA) is 99.0 Å². The van der Waals surface area contributed by atoms with E-state index < -0.39 is 18.2 Å². The van der Waals surface area contributed by atoms with E-state index in [4.69, 9.17) is 9.94 Å². The largest absolute Gasteiger partial charge is 0.481 e. The van der Waals surface area contributed by atoms with Crippen molar-refractivity contribution >= 4 is 5.97 Å². The minimum Gasteiger partial charge on any atom is -0.481 e. The molecule has 6 nitrogen and oxygen atoms in total. The molecule has 0 saturated heterocycles. The number of aliphatic hydroxyl groups is 2. The molecule has 6 heteroatoms. The minimum absolute atomic E-state index is 0.0468. The van der Waals surface area contributed by atoms with Crippen LogP contribution in [0.15, 0.2) is 23.4 Å². The highest BCUT2D eigenvalue weighted by atomic mass is 16.6. The zero-order chi connectivity index (χ0) is 20.4. The summed E-state index contributed by atoms with van der Waals surface area (Å²) >= 11 is 0. The summed E-state index contributed by atoms with van der Waals surface area (Å²) in [5.74, 6) is -0.595. The van der Waals surface area contributed by atoms with Crippen LogP contribution in [-0.2, 0) is 9.63 Å². The summed E-state index contributed by atoms with van der Waals surface area (Å²) in [5.41, 5.74) is 5.14. The first-order valence-corrected chi connectivity index (χ1v) is 10.9. The summed E-state index contributed by atoms with van der Waals surface area (Å²) in [6, 6.07) is 0. The van der Waals surface area contributed by atoms with Crippen LogP contribution in [0.4, 0.5) is 0 Å². The Morgan fingerprint density at radius 2 is 1.96 bits per heavy atom. The van der Waals surface area contributed by atoms with Crippen molar-refractivity contribution < 1.29 is 25.0 Å². The Hall–Kier alpha value is -1.37. The minimum atomic E-state index is -0.818. The van der Waals surface area contributed by atoms with Gasteiger partial charge in [0.2, 0.25) is 0 Å². The highest BCUT2D eigenvalue weighted by Crippen LogP contribution is 2.48. The molecule has 1 saturated carbocycles. The molecule has 2 aliphatic rings. The molecule has 0 radical (unpaired) electrons. The molecule has 28 heavy (non-hydrogen) atoms. The summed E-state index contributed by atoms with van der Waals surface area (Å²) in [7, 11) is 0. The van der Waals surface area contributed by atoms with Gasteiger partial charge in [0.05, 0.1) is 18.8 Å². The highest BCUT2D eigenvalue weighted by Gasteiger charge is 2.45. The number of carboxylic acid groups (broad SMARTS) is 1. The van der Waals surface area contributed by atoms with E-state index in [-0.39, 0.29) is 18.3 Å². The zero-order valence-electron chi connectivity index (χ0n) is 17.1. The lowest BCUT2D eigenvalue weighted by atomic mass is 9.83. The van der Waals surface area contributed by atoms with Crippen LogP contribution >= 0.6 is 0 Å². The van der Waals surface area contributed by atoms with E-state index in [0.717, 1.165) is 31.4 Å². The predicted octanol–water partition coefficient (Wildman–Crippen LogP) is 3.69. The Labute approximate surface area is 168 Å². The summed E-state index contributed by atoms with van der Waals surface area (Å²) < 4.78 is 0. The van der Waals surface area contributed by atoms with Crippen molar-refractivity contribution in [2.75, 3.05) is 6.61 Å². The summed E-state index contributed by atoms with van der Waals surface area (Å²) in [5, 5.41) is 29.2. The van der Waals surface area contributed by atoms with Gasteiger partial charge in [-0.25, -0.2) is 0 Å². The van der Waals surface area contributed by atoms with Gasteiger partial charge in [0.15, 0.2) is 0 Å². The van der Waals surface area contributed by atoms with Crippen LogP contribution in [0, 0.1) is 11.8 Å². The van der Waals surface area contributed by atoms with Crippen LogP contribution in [0.2, 0.25) is 0 Å². The second-order valence-corrected chi connectivity index (χ2v) is 8.13. The second-order valence-electron chi connectivity index (χ2n) is 8.13. The van der Waals surface area contributed by atoms with Gasteiger partial charge in [0.1, 0.15) is 0 Å². The van der Waals surface area contributed by atoms with Gasteiger partial charge in [-0.2, -0.15) is 0 Å². The van der Waals surface area contributed by atoms with Crippen molar-refractivity contribution in [3.8, 4) is 0 Å². The molecule has 0 heterocycles. The first-order chi connectivity index (χ1) is 13.5. The predicted molar refractivity (Wildman–Crippen MR) is 108 cm³/mol. The fraction of sp³-hybridized carbons (Fsp3) is 0.773. The number of fused-ring (bicyclic) bond motifs is 1. The lowest BCUT2D eigenvalue weighted by Crippen LogP contribution is -2.32. The van der Waals surface area contributed by atoms with Gasteiger partial charge in [-0.05, 0) is 31.3 Å². The molecule has 0 aromatic rings. The number of nitrogens with one attached hydrogen (secondary N) is 1. The quantitative estimate of drug-likeness (QED) is 0.192. The molecule has 0 bridgehead atoms. The van der Waals surface area contributed by atoms with Crippen LogP contribution in [0.1, 0.15) is 77.6 Å². The van der Waals surface area contributed by atoms with E-state index in [9.17, 15) is 15.0 Å². The van der Waals surface area contributed by atoms with Crippen LogP contribution < -0.4 is 5.48 Å². The first-order valence-electron chi connectivity index (χ1n) is 10.9. The summed E-state index contributed by atoms with van der Waals surface area (Å²) in [6.07, 6.45) is 13.2. The van der Waals surface area contributed by atoms with E-state index in [1.54, 1.807) is 0 Å². The standard InChI is InChI=1S/C22H37NO5/c1-2-3-4-5-6-7-9-17(24)12-11-16-14-18-19(22(16)27)15-20(18)23-28-13-8-10-21(25)26/h11-12,16-17,19,22-24,27H,2-10,13-15H2,1H3,(H,25,26)/t16?,17?,19-,22?/m1/s1. The number of unbranched alkanes of at least 4 members (excludes halogenated alkanes) is 5. The van der Waals surface area contributed by atoms with Crippen molar-refractivity contribution in [1.82, 2.24) is 5.48 Å². The van der Waals surface area contributed by atoms with Gasteiger partial charge in [0, 0.05) is 24.0 Å². The molecule has 0 amide bonds. The van der Waals surface area contributed by atoms with Crippen molar-refractivity contribution in [2.45, 2.75) is 89.8 Å². The van der Waals surface area contributed by atoms with E-state index in [1.807, 2.05) is 12.2 Å². The van der Waals surface area contributed by atoms with Crippen molar-refractivity contribution in [1.29, 1.82) is 0 Å². The average molecular weight is 396 g/mol. The molecule has 4 atom stereocenters. The third kappa shape index (κ3) is 7.22. The molecule has 0 aliphatic heterocycles. The van der Waals surface area contributed by atoms with Crippen molar-refractivity contribution in [2.24, 2.45) is 11.8 Å². The van der Waals surface area contributed by atoms with Crippen LogP contribution in [-0.4, -0.2) is 40.1 Å². The Kier molecular flexibility index (Phi) is 10.0. The number of hydrogen-bond donors (Lipinski definition) is 4. The molecular formula is C22H37NO5. The number of carboxylic acids is 1. The maximum Gasteiger partial charge on any atom is 0.303 e. The van der Waals surface area contributed by atoms with Crippen LogP contribution in [0.3, 0.4) is 0 Å². The first kappa shape index (κ1) is 22.9. The zero-order valence-corrected chi connectivity index (χ0v) is 17.1. The van der Waals surface area contributed by atoms with Crippen LogP contribution in [0.5, 0.6) is 0 Å². The van der Waals surface area contributed by atoms with E-state index in [0.29, 0.717) is 13.0 Å². The molecule has 0 aromatic heterocycles. The lowest BCUT2D eigenvalue weighted by Gasteiger charge is -2.30. The van der Waals surface area contributed by atoms with E-state index in [2.05, 4.69) is 12.4 Å². The van der Waals surface area contributed by atoms with Gasteiger partial charge in [0.25, 0.3) is 0 Å². The van der Waals surface area contributed by atoms with Gasteiger partial charge < -0.3 is 15.3 Å². The van der Waals surface area contributed by atoms with Gasteiger partial charge >= 0.3 is 5.97 Å².